The lowest BCUT2D eigenvalue weighted by atomic mass is 9.99. The van der Waals surface area contributed by atoms with E-state index in [9.17, 15) is 4.79 Å². The maximum atomic E-state index is 12.6. The van der Waals surface area contributed by atoms with E-state index in [0.717, 1.165) is 43.5 Å². The first-order chi connectivity index (χ1) is 14.2. The van der Waals surface area contributed by atoms with Crippen LogP contribution in [0.5, 0.6) is 0 Å². The molecule has 2 saturated heterocycles. The Bertz CT molecular complexity index is 1020. The number of fused-ring (bicyclic) bond motifs is 1. The first-order valence-electron chi connectivity index (χ1n) is 9.68. The predicted octanol–water partition coefficient (Wildman–Crippen LogP) is 0.670. The van der Waals surface area contributed by atoms with Crippen molar-refractivity contribution in [3.8, 4) is 0 Å². The summed E-state index contributed by atoms with van der Waals surface area (Å²) >= 11 is 0. The van der Waals surface area contributed by atoms with Gasteiger partial charge in [0.05, 0.1) is 19.1 Å². The minimum absolute atomic E-state index is 0.0184. The zero-order valence-corrected chi connectivity index (χ0v) is 16.2. The summed E-state index contributed by atoms with van der Waals surface area (Å²) in [7, 11) is 1.79. The van der Waals surface area contributed by atoms with Gasteiger partial charge in [0, 0.05) is 44.6 Å². The third kappa shape index (κ3) is 3.35. The van der Waals surface area contributed by atoms with Crippen molar-refractivity contribution in [3.05, 3.63) is 30.6 Å². The summed E-state index contributed by atoms with van der Waals surface area (Å²) in [5.41, 5.74) is 3.30. The molecule has 0 bridgehead atoms. The van der Waals surface area contributed by atoms with Gasteiger partial charge in [0.15, 0.2) is 17.0 Å². The summed E-state index contributed by atoms with van der Waals surface area (Å²) in [6, 6.07) is 7.98. The number of hydrogen-bond donors (Lipinski definition) is 1. The standard InChI is InChI=1S/C19H22N8O2/c1-25-17-16(23-24-25)18(21-12-20-17)27-10-13(11-27)19(28)22-14-2-4-15(5-3-14)26-6-8-29-9-7-26/h2-5,12-13H,6-11H2,1H3,(H,22,28). The number of carbonyl (C=O) groups is 1. The Morgan fingerprint density at radius 2 is 1.86 bits per heavy atom. The van der Waals surface area contributed by atoms with E-state index in [1.54, 1.807) is 11.7 Å². The van der Waals surface area contributed by atoms with Gasteiger partial charge in [-0.05, 0) is 24.3 Å². The minimum atomic E-state index is -0.0874. The van der Waals surface area contributed by atoms with Gasteiger partial charge in [-0.25, -0.2) is 14.6 Å². The van der Waals surface area contributed by atoms with Crippen molar-refractivity contribution >= 4 is 34.3 Å². The van der Waals surface area contributed by atoms with Crippen LogP contribution in [0, 0.1) is 5.92 Å². The Hall–Kier alpha value is -3.27. The number of rotatable bonds is 4. The number of amides is 1. The summed E-state index contributed by atoms with van der Waals surface area (Å²) in [6.45, 7) is 4.49. The number of ether oxygens (including phenoxy) is 1. The summed E-state index contributed by atoms with van der Waals surface area (Å²) in [6.07, 6.45) is 1.50. The third-order valence-corrected chi connectivity index (χ3v) is 5.43. The lowest BCUT2D eigenvalue weighted by molar-refractivity contribution is -0.120. The number of carbonyl (C=O) groups excluding carboxylic acids is 1. The van der Waals surface area contributed by atoms with E-state index < -0.39 is 0 Å². The van der Waals surface area contributed by atoms with Gasteiger partial charge in [0.1, 0.15) is 6.33 Å². The second kappa shape index (κ2) is 7.28. The molecule has 10 heteroatoms. The highest BCUT2D eigenvalue weighted by Gasteiger charge is 2.35. The molecule has 3 aromatic rings. The Morgan fingerprint density at radius 3 is 2.62 bits per heavy atom. The monoisotopic (exact) mass is 394 g/mol. The first-order valence-corrected chi connectivity index (χ1v) is 9.68. The molecule has 10 nitrogen and oxygen atoms in total. The van der Waals surface area contributed by atoms with E-state index in [1.165, 1.54) is 6.33 Å². The molecule has 4 heterocycles. The molecule has 29 heavy (non-hydrogen) atoms. The molecule has 1 N–H and O–H groups in total. The Morgan fingerprint density at radius 1 is 1.10 bits per heavy atom. The van der Waals surface area contributed by atoms with Gasteiger partial charge in [0.2, 0.25) is 5.91 Å². The molecule has 2 aliphatic heterocycles. The van der Waals surface area contributed by atoms with Crippen LogP contribution < -0.4 is 15.1 Å². The van der Waals surface area contributed by atoms with Crippen molar-refractivity contribution in [2.24, 2.45) is 13.0 Å². The van der Waals surface area contributed by atoms with Crippen LogP contribution in [0.15, 0.2) is 30.6 Å². The molecule has 2 aromatic heterocycles. The van der Waals surface area contributed by atoms with Crippen LogP contribution in [0.25, 0.3) is 11.2 Å². The second-order valence-electron chi connectivity index (χ2n) is 7.32. The number of hydrogen-bond acceptors (Lipinski definition) is 8. The molecule has 0 atom stereocenters. The van der Waals surface area contributed by atoms with Gasteiger partial charge < -0.3 is 19.9 Å². The predicted molar refractivity (Wildman–Crippen MR) is 108 cm³/mol. The number of nitrogens with one attached hydrogen (secondary N) is 1. The van der Waals surface area contributed by atoms with Gasteiger partial charge in [-0.3, -0.25) is 4.79 Å². The smallest absolute Gasteiger partial charge is 0.231 e. The number of anilines is 3. The lowest BCUT2D eigenvalue weighted by Crippen LogP contribution is -2.52. The molecule has 0 spiro atoms. The minimum Gasteiger partial charge on any atom is -0.378 e. The molecular formula is C19H22N8O2. The molecule has 5 rings (SSSR count). The molecule has 1 aromatic carbocycles. The van der Waals surface area contributed by atoms with Gasteiger partial charge in [0.25, 0.3) is 0 Å². The van der Waals surface area contributed by atoms with E-state index in [2.05, 4.69) is 30.5 Å². The van der Waals surface area contributed by atoms with Gasteiger partial charge in [-0.1, -0.05) is 5.21 Å². The fourth-order valence-corrected chi connectivity index (χ4v) is 3.71. The molecule has 2 fully saturated rings. The van der Waals surface area contributed by atoms with Crippen LogP contribution in [0.4, 0.5) is 17.2 Å². The lowest BCUT2D eigenvalue weighted by Gasteiger charge is -2.38. The van der Waals surface area contributed by atoms with Gasteiger partial charge >= 0.3 is 0 Å². The molecule has 0 unspecified atom stereocenters. The molecule has 2 aliphatic rings. The van der Waals surface area contributed by atoms with E-state index in [4.69, 9.17) is 4.74 Å². The van der Waals surface area contributed by atoms with E-state index in [1.807, 2.05) is 29.2 Å². The average molecular weight is 394 g/mol. The van der Waals surface area contributed by atoms with Crippen LogP contribution in [-0.4, -0.2) is 70.3 Å². The van der Waals surface area contributed by atoms with Crippen molar-refractivity contribution in [1.29, 1.82) is 0 Å². The summed E-state index contributed by atoms with van der Waals surface area (Å²) < 4.78 is 7.01. The molecule has 150 valence electrons. The Kier molecular flexibility index (Phi) is 4.47. The maximum absolute atomic E-state index is 12.6. The maximum Gasteiger partial charge on any atom is 0.231 e. The average Bonchev–Trinajstić information content (AvgIpc) is 3.10. The number of aryl methyl sites for hydroxylation is 1. The summed E-state index contributed by atoms with van der Waals surface area (Å²) in [4.78, 5) is 25.4. The SMILES string of the molecule is Cn1nnc2c(N3CC(C(=O)Nc4ccc(N5CCOCC5)cc4)C3)ncnc21. The second-order valence-corrected chi connectivity index (χ2v) is 7.32. The number of nitrogens with zero attached hydrogens (tertiary/aromatic N) is 7. The number of morpholine rings is 1. The van der Waals surface area contributed by atoms with Crippen molar-refractivity contribution < 1.29 is 9.53 Å². The van der Waals surface area contributed by atoms with Crippen LogP contribution in [0.2, 0.25) is 0 Å². The molecule has 0 aliphatic carbocycles. The Balaban J connectivity index is 1.19. The molecule has 0 saturated carbocycles. The summed E-state index contributed by atoms with van der Waals surface area (Å²) in [5, 5.41) is 11.1. The topological polar surface area (TPSA) is 101 Å². The van der Waals surface area contributed by atoms with Crippen LogP contribution in [0.3, 0.4) is 0 Å². The fraction of sp³-hybridized carbons (Fsp3) is 0.421. The van der Waals surface area contributed by atoms with Gasteiger partial charge in [-0.2, -0.15) is 0 Å². The van der Waals surface area contributed by atoms with Gasteiger partial charge in [-0.15, -0.1) is 5.10 Å². The normalized spacial score (nSPS) is 17.4. The Labute approximate surface area is 167 Å². The zero-order valence-electron chi connectivity index (χ0n) is 16.2. The zero-order chi connectivity index (χ0) is 19.8. The van der Waals surface area contributed by atoms with Crippen LogP contribution in [-0.2, 0) is 16.6 Å². The van der Waals surface area contributed by atoms with Crippen molar-refractivity contribution in [1.82, 2.24) is 25.0 Å². The van der Waals surface area contributed by atoms with Crippen molar-refractivity contribution in [3.63, 3.8) is 0 Å². The highest BCUT2D eigenvalue weighted by Crippen LogP contribution is 2.28. The van der Waals surface area contributed by atoms with Crippen molar-refractivity contribution in [2.45, 2.75) is 0 Å². The van der Waals surface area contributed by atoms with Crippen LogP contribution >= 0.6 is 0 Å². The van der Waals surface area contributed by atoms with E-state index in [0.29, 0.717) is 24.3 Å². The largest absolute Gasteiger partial charge is 0.378 e. The van der Waals surface area contributed by atoms with E-state index >= 15 is 0 Å². The van der Waals surface area contributed by atoms with Crippen LogP contribution in [0.1, 0.15) is 0 Å². The molecule has 1 amide bonds. The fourth-order valence-electron chi connectivity index (χ4n) is 3.71. The molecular weight excluding hydrogens is 372 g/mol. The third-order valence-electron chi connectivity index (χ3n) is 5.43. The highest BCUT2D eigenvalue weighted by atomic mass is 16.5. The first kappa shape index (κ1) is 17.8. The highest BCUT2D eigenvalue weighted by molar-refractivity contribution is 5.95. The number of aromatic nitrogens is 5. The number of benzene rings is 1. The quantitative estimate of drug-likeness (QED) is 0.689. The van der Waals surface area contributed by atoms with E-state index in [-0.39, 0.29) is 11.8 Å². The van der Waals surface area contributed by atoms with Crippen molar-refractivity contribution in [2.75, 3.05) is 54.5 Å². The molecule has 0 radical (unpaired) electrons. The summed E-state index contributed by atoms with van der Waals surface area (Å²) in [5.74, 6) is 0.655.